The van der Waals surface area contributed by atoms with E-state index in [1.807, 2.05) is 37.4 Å². The Kier molecular flexibility index (Phi) is 20.6. The van der Waals surface area contributed by atoms with E-state index in [1.165, 1.54) is 4.90 Å². The molecular formula is C45H65F3N10O8. The molecule has 2 aliphatic heterocycles. The molecule has 0 aromatic heterocycles. The SMILES string of the molecule is COC(C(C)C(=O)NC(Cc1ccccc1)C(=O)NCc1ccc(NC(=O)C(CCCNC(N)=O)NC(=O)CNC(=O)CCCN2CCC(C(N)=O)CC2C(F)(F)F)cc1)C1CCCN1C. The van der Waals surface area contributed by atoms with E-state index in [2.05, 4.69) is 36.8 Å². The van der Waals surface area contributed by atoms with E-state index in [9.17, 15) is 46.7 Å². The van der Waals surface area contributed by atoms with Gasteiger partial charge in [-0.2, -0.15) is 13.2 Å². The number of nitrogens with zero attached hydrogens (tertiary/aromatic N) is 2. The Hall–Kier alpha value is -5.80. The number of hydrogen-bond acceptors (Lipinski definition) is 10. The smallest absolute Gasteiger partial charge is 0.379 e. The third-order valence-electron chi connectivity index (χ3n) is 12.1. The van der Waals surface area contributed by atoms with Crippen molar-refractivity contribution >= 4 is 47.2 Å². The van der Waals surface area contributed by atoms with Crippen LogP contribution in [0.1, 0.15) is 69.4 Å². The number of amides is 8. The summed E-state index contributed by atoms with van der Waals surface area (Å²) in [5, 5.41) is 16.0. The van der Waals surface area contributed by atoms with Gasteiger partial charge in [0, 0.05) is 50.7 Å². The minimum absolute atomic E-state index is 0.00446. The highest BCUT2D eigenvalue weighted by Crippen LogP contribution is 2.34. The molecule has 21 heteroatoms. The number of nitrogens with one attached hydrogen (secondary N) is 6. The van der Waals surface area contributed by atoms with Crippen molar-refractivity contribution in [2.24, 2.45) is 23.3 Å². The number of hydrogen-bond donors (Lipinski definition) is 8. The lowest BCUT2D eigenvalue weighted by atomic mass is 9.89. The molecule has 2 aliphatic rings. The van der Waals surface area contributed by atoms with Gasteiger partial charge in [-0.1, -0.05) is 49.4 Å². The standard InChI is InChI=1S/C45H65F3N10O8/c1-28(39(66-3)35-13-8-21-57(35)2)41(62)56-34(24-29-10-5-4-6-11-29)42(63)53-26-30-15-17-32(18-16-30)54-43(64)33(12-7-20-51-44(50)65)55-38(60)27-52-37(59)14-9-22-58-23-19-31(40(49)61)25-36(58)45(46,47)48/h4-6,10-11,15-18,28,31,33-36,39H,7-9,12-14,19-27H2,1-3H3,(H2,49,61)(H,52,59)(H,53,63)(H,54,64)(H,55,60)(H,56,62)(H3,50,51,65). The predicted molar refractivity (Wildman–Crippen MR) is 239 cm³/mol. The average molecular weight is 931 g/mol. The molecule has 2 saturated heterocycles. The summed E-state index contributed by atoms with van der Waals surface area (Å²) >= 11 is 0. The number of carbonyl (C=O) groups is 7. The molecule has 18 nitrogen and oxygen atoms in total. The molecule has 10 N–H and O–H groups in total. The maximum atomic E-state index is 13.7. The van der Waals surface area contributed by atoms with Gasteiger partial charge in [0.1, 0.15) is 18.1 Å². The molecule has 2 fully saturated rings. The monoisotopic (exact) mass is 930 g/mol. The van der Waals surface area contributed by atoms with Crippen LogP contribution in [0.4, 0.5) is 23.7 Å². The number of benzene rings is 2. The predicted octanol–water partition coefficient (Wildman–Crippen LogP) is 1.67. The number of anilines is 1. The number of urea groups is 1. The Labute approximate surface area is 383 Å². The van der Waals surface area contributed by atoms with Gasteiger partial charge < -0.3 is 53.0 Å². The first-order chi connectivity index (χ1) is 31.4. The van der Waals surface area contributed by atoms with Crippen molar-refractivity contribution in [1.29, 1.82) is 0 Å². The quantitative estimate of drug-likeness (QED) is 0.0707. The number of likely N-dealkylation sites (N-methyl/N-ethyl adjacent to an activating group) is 1. The van der Waals surface area contributed by atoms with Crippen molar-refractivity contribution in [3.8, 4) is 0 Å². The third-order valence-corrected chi connectivity index (χ3v) is 12.1. The molecule has 0 radical (unpaired) electrons. The van der Waals surface area contributed by atoms with Gasteiger partial charge in [0.25, 0.3) is 0 Å². The summed E-state index contributed by atoms with van der Waals surface area (Å²) in [5.41, 5.74) is 12.3. The molecule has 0 spiro atoms. The molecule has 0 saturated carbocycles. The minimum atomic E-state index is -4.58. The van der Waals surface area contributed by atoms with Gasteiger partial charge in [-0.25, -0.2) is 4.79 Å². The van der Waals surface area contributed by atoms with Gasteiger partial charge in [-0.15, -0.1) is 0 Å². The fraction of sp³-hybridized carbons (Fsp3) is 0.578. The van der Waals surface area contributed by atoms with Crippen molar-refractivity contribution in [2.45, 2.75) is 108 Å². The van der Waals surface area contributed by atoms with Crippen molar-refractivity contribution in [3.05, 3.63) is 65.7 Å². The van der Waals surface area contributed by atoms with Gasteiger partial charge in [0.2, 0.25) is 35.4 Å². The zero-order valence-electron chi connectivity index (χ0n) is 37.8. The summed E-state index contributed by atoms with van der Waals surface area (Å²) in [5.74, 6) is -4.76. The van der Waals surface area contributed by atoms with Gasteiger partial charge in [0.15, 0.2) is 0 Å². The number of ether oxygens (including phenoxy) is 1. The highest BCUT2D eigenvalue weighted by Gasteiger charge is 2.47. The molecule has 7 atom stereocenters. The number of halogens is 3. The van der Waals surface area contributed by atoms with Crippen LogP contribution in [0.15, 0.2) is 54.6 Å². The van der Waals surface area contributed by atoms with Crippen LogP contribution < -0.4 is 43.4 Å². The number of carbonyl (C=O) groups excluding carboxylic acids is 7. The molecule has 2 heterocycles. The van der Waals surface area contributed by atoms with Gasteiger partial charge in [-0.05, 0) is 94.9 Å². The van der Waals surface area contributed by atoms with E-state index in [4.69, 9.17) is 16.2 Å². The summed E-state index contributed by atoms with van der Waals surface area (Å²) in [7, 11) is 3.61. The maximum absolute atomic E-state index is 13.7. The highest BCUT2D eigenvalue weighted by molar-refractivity contribution is 5.97. The number of rotatable bonds is 24. The van der Waals surface area contributed by atoms with Crippen molar-refractivity contribution < 1.29 is 51.5 Å². The lowest BCUT2D eigenvalue weighted by molar-refractivity contribution is -0.195. The Bertz CT molecular complexity index is 1940. The molecule has 0 bridgehead atoms. The minimum Gasteiger partial charge on any atom is -0.379 e. The number of likely N-dealkylation sites (tertiary alicyclic amines) is 2. The molecule has 0 aliphatic carbocycles. The van der Waals surface area contributed by atoms with Crippen LogP contribution in [0.2, 0.25) is 0 Å². The van der Waals surface area contributed by atoms with Crippen LogP contribution in [-0.4, -0.2) is 135 Å². The molecule has 364 valence electrons. The Balaban J connectivity index is 1.29. The Morgan fingerprint density at radius 1 is 0.818 bits per heavy atom. The Morgan fingerprint density at radius 3 is 2.15 bits per heavy atom. The van der Waals surface area contributed by atoms with Crippen LogP contribution >= 0.6 is 0 Å². The lowest BCUT2D eigenvalue weighted by Crippen LogP contribution is -2.53. The number of methoxy groups -OCH3 is 1. The third kappa shape index (κ3) is 16.9. The summed E-state index contributed by atoms with van der Waals surface area (Å²) in [6.45, 7) is 2.37. The van der Waals surface area contributed by atoms with E-state index >= 15 is 0 Å². The molecular weight excluding hydrogens is 866 g/mol. The van der Waals surface area contributed by atoms with E-state index in [0.29, 0.717) is 11.3 Å². The molecule has 2 aromatic rings. The average Bonchev–Trinajstić information content (AvgIpc) is 3.70. The number of piperidine rings is 1. The fourth-order valence-corrected chi connectivity index (χ4v) is 8.43. The van der Waals surface area contributed by atoms with E-state index in [-0.39, 0.29) is 88.7 Å². The normalized spacial score (nSPS) is 19.6. The molecule has 2 aromatic carbocycles. The summed E-state index contributed by atoms with van der Waals surface area (Å²) < 4.78 is 46.9. The topological polar surface area (TPSA) is 259 Å². The number of alkyl halides is 3. The van der Waals surface area contributed by atoms with Crippen molar-refractivity contribution in [3.63, 3.8) is 0 Å². The van der Waals surface area contributed by atoms with Gasteiger partial charge in [0.05, 0.1) is 18.6 Å². The highest BCUT2D eigenvalue weighted by atomic mass is 19.4. The number of nitrogens with two attached hydrogens (primary N) is 2. The van der Waals surface area contributed by atoms with E-state index in [0.717, 1.165) is 24.9 Å². The zero-order chi connectivity index (χ0) is 48.4. The van der Waals surface area contributed by atoms with Crippen LogP contribution in [0.3, 0.4) is 0 Å². The molecule has 4 rings (SSSR count). The summed E-state index contributed by atoms with van der Waals surface area (Å²) in [6, 6.07) is 11.4. The van der Waals surface area contributed by atoms with Gasteiger partial charge in [-0.3, -0.25) is 33.7 Å². The first-order valence-corrected chi connectivity index (χ1v) is 22.3. The fourth-order valence-electron chi connectivity index (χ4n) is 8.43. The second kappa shape index (κ2) is 25.8. The molecule has 7 unspecified atom stereocenters. The van der Waals surface area contributed by atoms with Gasteiger partial charge >= 0.3 is 12.2 Å². The second-order valence-electron chi connectivity index (χ2n) is 17.0. The maximum Gasteiger partial charge on any atom is 0.404 e. The zero-order valence-corrected chi connectivity index (χ0v) is 37.8. The van der Waals surface area contributed by atoms with Crippen LogP contribution in [0.25, 0.3) is 0 Å². The first-order valence-electron chi connectivity index (χ1n) is 22.3. The lowest BCUT2D eigenvalue weighted by Gasteiger charge is -2.39. The molecule has 66 heavy (non-hydrogen) atoms. The largest absolute Gasteiger partial charge is 0.404 e. The summed E-state index contributed by atoms with van der Waals surface area (Å²) in [6.07, 6.45) is -2.80. The first kappa shape index (κ1) is 52.8. The van der Waals surface area contributed by atoms with Crippen LogP contribution in [-0.2, 0) is 46.5 Å². The van der Waals surface area contributed by atoms with Crippen LogP contribution in [0, 0.1) is 11.8 Å². The van der Waals surface area contributed by atoms with E-state index < -0.39 is 78.8 Å². The van der Waals surface area contributed by atoms with Crippen molar-refractivity contribution in [2.75, 3.05) is 52.2 Å². The summed E-state index contributed by atoms with van der Waals surface area (Å²) in [4.78, 5) is 92.2. The van der Waals surface area contributed by atoms with Crippen molar-refractivity contribution in [1.82, 2.24) is 36.4 Å². The molecule has 8 amide bonds. The van der Waals surface area contributed by atoms with E-state index in [1.54, 1.807) is 38.3 Å². The van der Waals surface area contributed by atoms with Crippen LogP contribution in [0.5, 0.6) is 0 Å². The Morgan fingerprint density at radius 2 is 1.53 bits per heavy atom. The second-order valence-corrected chi connectivity index (χ2v) is 17.0. The number of primary amides is 2.